The van der Waals surface area contributed by atoms with E-state index in [1.807, 2.05) is 26.1 Å². The third-order valence-corrected chi connectivity index (χ3v) is 4.66. The summed E-state index contributed by atoms with van der Waals surface area (Å²) in [7, 11) is 1.85. The van der Waals surface area contributed by atoms with Crippen molar-refractivity contribution in [2.24, 2.45) is 0 Å². The van der Waals surface area contributed by atoms with Crippen LogP contribution in [0.3, 0.4) is 0 Å². The Morgan fingerprint density at radius 1 is 1.44 bits per heavy atom. The van der Waals surface area contributed by atoms with E-state index in [9.17, 15) is 4.79 Å². The summed E-state index contributed by atoms with van der Waals surface area (Å²) in [5.74, 6) is 0.509. The fourth-order valence-corrected chi connectivity index (χ4v) is 3.02. The molecule has 2 aromatic rings. The Bertz CT molecular complexity index is 699. The Kier molecular flexibility index (Phi) is 6.75. The molecule has 0 bridgehead atoms. The maximum absolute atomic E-state index is 12.8. The number of nitrogens with zero attached hydrogens (tertiary/aromatic N) is 5. The van der Waals surface area contributed by atoms with E-state index in [2.05, 4.69) is 20.7 Å². The number of tetrazole rings is 1. The van der Waals surface area contributed by atoms with E-state index in [0.717, 1.165) is 25.1 Å². The Balaban J connectivity index is 0.00000225. The van der Waals surface area contributed by atoms with Gasteiger partial charge >= 0.3 is 0 Å². The van der Waals surface area contributed by atoms with Gasteiger partial charge in [0.25, 0.3) is 0 Å². The molecule has 2 atom stereocenters. The molecule has 25 heavy (non-hydrogen) atoms. The van der Waals surface area contributed by atoms with Crippen LogP contribution < -0.4 is 5.32 Å². The van der Waals surface area contributed by atoms with Gasteiger partial charge in [0, 0.05) is 30.2 Å². The Hall–Kier alpha value is -1.70. The topological polar surface area (TPSA) is 75.9 Å². The van der Waals surface area contributed by atoms with E-state index in [1.54, 1.807) is 17.0 Å². The van der Waals surface area contributed by atoms with Gasteiger partial charge in [-0.1, -0.05) is 18.5 Å². The van der Waals surface area contributed by atoms with Gasteiger partial charge < -0.3 is 10.2 Å². The first-order chi connectivity index (χ1) is 11.6. The Morgan fingerprint density at radius 3 is 2.76 bits per heavy atom. The average molecular weight is 385 g/mol. The number of nitrogens with one attached hydrogen (secondary N) is 1. The van der Waals surface area contributed by atoms with E-state index in [-0.39, 0.29) is 24.4 Å². The van der Waals surface area contributed by atoms with Crippen LogP contribution in [0.4, 0.5) is 0 Å². The summed E-state index contributed by atoms with van der Waals surface area (Å²) in [4.78, 5) is 16.0. The van der Waals surface area contributed by atoms with Crippen LogP contribution in [0, 0.1) is 0 Å². The highest BCUT2D eigenvalue weighted by molar-refractivity contribution is 6.30. The van der Waals surface area contributed by atoms with Crippen molar-refractivity contribution in [2.75, 3.05) is 20.1 Å². The third kappa shape index (κ3) is 4.29. The zero-order valence-corrected chi connectivity index (χ0v) is 15.8. The summed E-state index contributed by atoms with van der Waals surface area (Å²) >= 11 is 5.90. The number of rotatable bonds is 5. The van der Waals surface area contributed by atoms with E-state index >= 15 is 0 Å². The van der Waals surface area contributed by atoms with Gasteiger partial charge in [0.1, 0.15) is 0 Å². The minimum Gasteiger partial charge on any atom is -0.340 e. The second-order valence-corrected chi connectivity index (χ2v) is 6.40. The van der Waals surface area contributed by atoms with Crippen LogP contribution in [0.15, 0.2) is 24.3 Å². The summed E-state index contributed by atoms with van der Waals surface area (Å²) in [5, 5.41) is 16.5. The number of hydrogen-bond acceptors (Lipinski definition) is 5. The van der Waals surface area contributed by atoms with Gasteiger partial charge in [-0.2, -0.15) is 4.80 Å². The number of likely N-dealkylation sites (N-methyl/N-ethyl adjacent to an activating group) is 1. The van der Waals surface area contributed by atoms with Crippen molar-refractivity contribution in [3.05, 3.63) is 29.3 Å². The summed E-state index contributed by atoms with van der Waals surface area (Å²) in [5.41, 5.74) is 0.821. The SMILES string of the molecule is CCC(C(=O)N(C)C1CCNC1)n1nnc(-c2ccc(Cl)cc2)n1.Cl. The minimum atomic E-state index is -0.441. The molecule has 1 N–H and O–H groups in total. The lowest BCUT2D eigenvalue weighted by molar-refractivity contribution is -0.136. The van der Waals surface area contributed by atoms with Crippen LogP contribution in [-0.4, -0.2) is 57.2 Å². The molecule has 1 saturated heterocycles. The molecule has 1 aliphatic heterocycles. The quantitative estimate of drug-likeness (QED) is 0.854. The second-order valence-electron chi connectivity index (χ2n) is 5.96. The standard InChI is InChI=1S/C16H21ClN6O.ClH/c1-3-14(16(24)22(2)13-8-9-18-10-13)23-20-15(19-21-23)11-4-6-12(17)7-5-11;/h4-7,13-14,18H,3,8-10H2,1-2H3;1H. The van der Waals surface area contributed by atoms with E-state index in [4.69, 9.17) is 11.6 Å². The van der Waals surface area contributed by atoms with Crippen LogP contribution >= 0.6 is 24.0 Å². The van der Waals surface area contributed by atoms with E-state index < -0.39 is 6.04 Å². The summed E-state index contributed by atoms with van der Waals surface area (Å²) < 4.78 is 0. The van der Waals surface area contributed by atoms with Crippen molar-refractivity contribution in [3.8, 4) is 11.4 Å². The van der Waals surface area contributed by atoms with Crippen molar-refractivity contribution in [1.82, 2.24) is 30.4 Å². The maximum atomic E-state index is 12.8. The third-order valence-electron chi connectivity index (χ3n) is 4.41. The molecule has 1 aromatic heterocycles. The van der Waals surface area contributed by atoms with Crippen LogP contribution in [0.2, 0.25) is 5.02 Å². The molecule has 136 valence electrons. The zero-order chi connectivity index (χ0) is 17.1. The molecule has 0 aliphatic carbocycles. The first-order valence-corrected chi connectivity index (χ1v) is 8.50. The highest BCUT2D eigenvalue weighted by Gasteiger charge is 2.30. The Morgan fingerprint density at radius 2 is 2.16 bits per heavy atom. The molecule has 7 nitrogen and oxygen atoms in total. The van der Waals surface area contributed by atoms with Crippen molar-refractivity contribution in [2.45, 2.75) is 31.8 Å². The van der Waals surface area contributed by atoms with Crippen LogP contribution in [0.25, 0.3) is 11.4 Å². The number of halogens is 2. The zero-order valence-electron chi connectivity index (χ0n) is 14.2. The number of amides is 1. The number of benzene rings is 1. The van der Waals surface area contributed by atoms with Crippen LogP contribution in [0.5, 0.6) is 0 Å². The molecular formula is C16H22Cl2N6O. The molecule has 1 aliphatic rings. The first kappa shape index (κ1) is 19.6. The van der Waals surface area contributed by atoms with Crippen molar-refractivity contribution >= 4 is 29.9 Å². The molecule has 1 aromatic carbocycles. The average Bonchev–Trinajstić information content (AvgIpc) is 3.27. The van der Waals surface area contributed by atoms with Gasteiger partial charge in [-0.05, 0) is 48.9 Å². The molecule has 0 spiro atoms. The van der Waals surface area contributed by atoms with Gasteiger partial charge in [0.2, 0.25) is 11.7 Å². The summed E-state index contributed by atoms with van der Waals surface area (Å²) in [6, 6.07) is 7.02. The molecule has 0 radical (unpaired) electrons. The monoisotopic (exact) mass is 384 g/mol. The fourth-order valence-electron chi connectivity index (χ4n) is 2.89. The molecule has 2 unspecified atom stereocenters. The molecular weight excluding hydrogens is 363 g/mol. The van der Waals surface area contributed by atoms with Gasteiger partial charge in [-0.3, -0.25) is 4.79 Å². The normalized spacial score (nSPS) is 17.8. The predicted octanol–water partition coefficient (Wildman–Crippen LogP) is 2.19. The highest BCUT2D eigenvalue weighted by Crippen LogP contribution is 2.20. The van der Waals surface area contributed by atoms with E-state index in [1.165, 1.54) is 4.80 Å². The number of aromatic nitrogens is 4. The number of hydrogen-bond donors (Lipinski definition) is 1. The molecule has 1 fully saturated rings. The van der Waals surface area contributed by atoms with Gasteiger partial charge in [-0.15, -0.1) is 22.6 Å². The molecule has 0 saturated carbocycles. The summed E-state index contributed by atoms with van der Waals surface area (Å²) in [6.45, 7) is 3.73. The predicted molar refractivity (Wildman–Crippen MR) is 98.9 cm³/mol. The Labute approximate surface area is 158 Å². The number of carbonyl (C=O) groups is 1. The lowest BCUT2D eigenvalue weighted by Gasteiger charge is -2.27. The highest BCUT2D eigenvalue weighted by atomic mass is 35.5. The maximum Gasteiger partial charge on any atom is 0.249 e. The molecule has 3 rings (SSSR count). The fraction of sp³-hybridized carbons (Fsp3) is 0.500. The van der Waals surface area contributed by atoms with Crippen LogP contribution in [0.1, 0.15) is 25.8 Å². The molecule has 9 heteroatoms. The van der Waals surface area contributed by atoms with Gasteiger partial charge in [0.15, 0.2) is 6.04 Å². The lowest BCUT2D eigenvalue weighted by Crippen LogP contribution is -2.42. The van der Waals surface area contributed by atoms with E-state index in [0.29, 0.717) is 17.3 Å². The smallest absolute Gasteiger partial charge is 0.249 e. The lowest BCUT2D eigenvalue weighted by atomic mass is 10.1. The summed E-state index contributed by atoms with van der Waals surface area (Å²) in [6.07, 6.45) is 1.58. The first-order valence-electron chi connectivity index (χ1n) is 8.13. The van der Waals surface area contributed by atoms with Crippen molar-refractivity contribution in [3.63, 3.8) is 0 Å². The number of carbonyl (C=O) groups excluding carboxylic acids is 1. The van der Waals surface area contributed by atoms with Crippen molar-refractivity contribution in [1.29, 1.82) is 0 Å². The van der Waals surface area contributed by atoms with Gasteiger partial charge in [-0.25, -0.2) is 0 Å². The van der Waals surface area contributed by atoms with Crippen LogP contribution in [-0.2, 0) is 4.79 Å². The molecule has 2 heterocycles. The second kappa shape index (κ2) is 8.60. The largest absolute Gasteiger partial charge is 0.340 e. The minimum absolute atomic E-state index is 0. The van der Waals surface area contributed by atoms with Gasteiger partial charge in [0.05, 0.1) is 0 Å². The molecule has 1 amide bonds. The van der Waals surface area contributed by atoms with Crippen molar-refractivity contribution < 1.29 is 4.79 Å².